The third-order valence-electron chi connectivity index (χ3n) is 2.84. The monoisotopic (exact) mass is 279 g/mol. The lowest BCUT2D eigenvalue weighted by molar-refractivity contribution is 0.605. The van der Waals surface area contributed by atoms with Crippen LogP contribution in [-0.2, 0) is 13.1 Å². The lowest BCUT2D eigenvalue weighted by Gasteiger charge is -2.08. The van der Waals surface area contributed by atoms with E-state index in [0.29, 0.717) is 22.7 Å². The van der Waals surface area contributed by atoms with E-state index < -0.39 is 0 Å². The Morgan fingerprint density at radius 1 is 1.42 bits per heavy atom. The van der Waals surface area contributed by atoms with Crippen LogP contribution < -0.4 is 5.56 Å². The Kier molecular flexibility index (Phi) is 3.94. The third kappa shape index (κ3) is 2.51. The standard InChI is InChI=1S/C12H17N5OS/c1-4-6-16-10(13-14-12(16)19)9-7-8(3)15-17(5-2)11(9)18/h7H,4-6H2,1-3H3,(H,14,19). The number of aromatic amines is 1. The summed E-state index contributed by atoms with van der Waals surface area (Å²) < 4.78 is 3.83. The number of aryl methyl sites for hydroxylation is 2. The highest BCUT2D eigenvalue weighted by molar-refractivity contribution is 7.71. The molecule has 6 nitrogen and oxygen atoms in total. The third-order valence-corrected chi connectivity index (χ3v) is 3.15. The highest BCUT2D eigenvalue weighted by Crippen LogP contribution is 2.14. The summed E-state index contributed by atoms with van der Waals surface area (Å²) in [5.41, 5.74) is 1.18. The fourth-order valence-electron chi connectivity index (χ4n) is 2.00. The molecule has 0 saturated heterocycles. The van der Waals surface area contributed by atoms with Crippen molar-refractivity contribution in [3.63, 3.8) is 0 Å². The van der Waals surface area contributed by atoms with E-state index in [9.17, 15) is 4.79 Å². The van der Waals surface area contributed by atoms with Crippen LogP contribution in [0.15, 0.2) is 10.9 Å². The summed E-state index contributed by atoms with van der Waals surface area (Å²) >= 11 is 5.20. The molecule has 0 fully saturated rings. The number of rotatable bonds is 4. The van der Waals surface area contributed by atoms with Gasteiger partial charge >= 0.3 is 0 Å². The van der Waals surface area contributed by atoms with Crippen molar-refractivity contribution in [2.24, 2.45) is 0 Å². The van der Waals surface area contributed by atoms with E-state index in [1.54, 1.807) is 6.07 Å². The van der Waals surface area contributed by atoms with Gasteiger partial charge in [0.2, 0.25) is 0 Å². The van der Waals surface area contributed by atoms with E-state index in [1.165, 1.54) is 4.68 Å². The van der Waals surface area contributed by atoms with Crippen LogP contribution in [0.1, 0.15) is 26.0 Å². The molecule has 2 aromatic rings. The molecule has 0 saturated carbocycles. The molecule has 19 heavy (non-hydrogen) atoms. The number of hydrogen-bond donors (Lipinski definition) is 1. The molecule has 1 N–H and O–H groups in total. The Labute approximate surface area is 116 Å². The van der Waals surface area contributed by atoms with Gasteiger partial charge in [-0.15, -0.1) is 0 Å². The highest BCUT2D eigenvalue weighted by Gasteiger charge is 2.14. The molecule has 0 spiro atoms. The second kappa shape index (κ2) is 5.48. The summed E-state index contributed by atoms with van der Waals surface area (Å²) in [7, 11) is 0. The Hall–Kier alpha value is -1.76. The first kappa shape index (κ1) is 13.7. The van der Waals surface area contributed by atoms with Crippen LogP contribution in [-0.4, -0.2) is 24.5 Å². The molecule has 7 heteroatoms. The topological polar surface area (TPSA) is 68.5 Å². The zero-order valence-electron chi connectivity index (χ0n) is 11.3. The smallest absolute Gasteiger partial charge is 0.277 e. The Morgan fingerprint density at radius 3 is 2.79 bits per heavy atom. The molecule has 0 radical (unpaired) electrons. The summed E-state index contributed by atoms with van der Waals surface area (Å²) in [5, 5.41) is 11.1. The van der Waals surface area contributed by atoms with Gasteiger partial charge in [0.25, 0.3) is 5.56 Å². The first-order valence-electron chi connectivity index (χ1n) is 6.32. The number of hydrogen-bond acceptors (Lipinski definition) is 4. The molecular weight excluding hydrogens is 262 g/mol. The van der Waals surface area contributed by atoms with Crippen LogP contribution in [0, 0.1) is 11.7 Å². The molecule has 0 aromatic carbocycles. The van der Waals surface area contributed by atoms with Crippen molar-refractivity contribution >= 4 is 12.2 Å². The minimum absolute atomic E-state index is 0.139. The SMILES string of the molecule is CCCn1c(-c2cc(C)nn(CC)c2=O)n[nH]c1=S. The van der Waals surface area contributed by atoms with Crippen LogP contribution >= 0.6 is 12.2 Å². The molecule has 0 amide bonds. The number of nitrogens with one attached hydrogen (secondary N) is 1. The largest absolute Gasteiger partial charge is 0.300 e. The van der Waals surface area contributed by atoms with E-state index in [2.05, 4.69) is 22.2 Å². The highest BCUT2D eigenvalue weighted by atomic mass is 32.1. The van der Waals surface area contributed by atoms with Crippen molar-refractivity contribution in [1.29, 1.82) is 0 Å². The summed E-state index contributed by atoms with van der Waals surface area (Å²) in [6.07, 6.45) is 0.923. The van der Waals surface area contributed by atoms with Gasteiger partial charge in [0.05, 0.1) is 11.3 Å². The fourth-order valence-corrected chi connectivity index (χ4v) is 2.23. The van der Waals surface area contributed by atoms with Gasteiger partial charge in [0, 0.05) is 13.1 Å². The van der Waals surface area contributed by atoms with Crippen molar-refractivity contribution in [1.82, 2.24) is 24.5 Å². The minimum Gasteiger partial charge on any atom is -0.300 e. The van der Waals surface area contributed by atoms with Gasteiger partial charge in [0.15, 0.2) is 10.6 Å². The van der Waals surface area contributed by atoms with E-state index >= 15 is 0 Å². The zero-order valence-corrected chi connectivity index (χ0v) is 12.1. The molecule has 0 bridgehead atoms. The quantitative estimate of drug-likeness (QED) is 0.868. The van der Waals surface area contributed by atoms with E-state index in [0.717, 1.165) is 18.7 Å². The Bertz CT molecular complexity index is 697. The predicted octanol–water partition coefficient (Wildman–Crippen LogP) is 1.90. The van der Waals surface area contributed by atoms with Crippen LogP contribution in [0.4, 0.5) is 0 Å². The predicted molar refractivity (Wildman–Crippen MR) is 75.6 cm³/mol. The van der Waals surface area contributed by atoms with Crippen molar-refractivity contribution in [3.8, 4) is 11.4 Å². The lowest BCUT2D eigenvalue weighted by atomic mass is 10.2. The van der Waals surface area contributed by atoms with Crippen LogP contribution in [0.2, 0.25) is 0 Å². The second-order valence-electron chi connectivity index (χ2n) is 4.32. The van der Waals surface area contributed by atoms with E-state index in [1.807, 2.05) is 18.4 Å². The van der Waals surface area contributed by atoms with E-state index in [4.69, 9.17) is 12.2 Å². The average molecular weight is 279 g/mol. The zero-order chi connectivity index (χ0) is 14.0. The summed E-state index contributed by atoms with van der Waals surface area (Å²) in [6.45, 7) is 7.08. The van der Waals surface area contributed by atoms with Gasteiger partial charge in [-0.05, 0) is 38.6 Å². The average Bonchev–Trinajstić information content (AvgIpc) is 2.74. The van der Waals surface area contributed by atoms with Gasteiger partial charge in [-0.1, -0.05) is 6.92 Å². The summed E-state index contributed by atoms with van der Waals surface area (Å²) in [4.78, 5) is 12.3. The second-order valence-corrected chi connectivity index (χ2v) is 4.71. The Balaban J connectivity index is 2.69. The van der Waals surface area contributed by atoms with Gasteiger partial charge < -0.3 is 4.57 Å². The molecule has 0 aliphatic rings. The molecular formula is C12H17N5OS. The molecule has 2 heterocycles. The molecule has 0 unspecified atom stereocenters. The first-order valence-corrected chi connectivity index (χ1v) is 6.73. The molecule has 102 valence electrons. The molecule has 0 aliphatic heterocycles. The van der Waals surface area contributed by atoms with Gasteiger partial charge in [-0.3, -0.25) is 9.89 Å². The number of H-pyrrole nitrogens is 1. The van der Waals surface area contributed by atoms with Gasteiger partial charge in [-0.25, -0.2) is 4.68 Å². The summed E-state index contributed by atoms with van der Waals surface area (Å²) in [5.74, 6) is 0.588. The fraction of sp³-hybridized carbons (Fsp3) is 0.500. The molecule has 0 aliphatic carbocycles. The van der Waals surface area contributed by atoms with Crippen LogP contribution in [0.5, 0.6) is 0 Å². The van der Waals surface area contributed by atoms with Crippen molar-refractivity contribution in [2.45, 2.75) is 40.3 Å². The lowest BCUT2D eigenvalue weighted by Crippen LogP contribution is -2.25. The molecule has 0 atom stereocenters. The normalized spacial score (nSPS) is 10.9. The Morgan fingerprint density at radius 2 is 2.16 bits per heavy atom. The van der Waals surface area contributed by atoms with Crippen molar-refractivity contribution in [3.05, 3.63) is 26.9 Å². The van der Waals surface area contributed by atoms with Gasteiger partial charge in [0.1, 0.15) is 0 Å². The summed E-state index contributed by atoms with van der Waals surface area (Å²) in [6, 6.07) is 1.76. The van der Waals surface area contributed by atoms with E-state index in [-0.39, 0.29) is 5.56 Å². The molecule has 2 rings (SSSR count). The maximum atomic E-state index is 12.3. The minimum atomic E-state index is -0.139. The number of nitrogens with zero attached hydrogens (tertiary/aromatic N) is 4. The van der Waals surface area contributed by atoms with Crippen molar-refractivity contribution in [2.75, 3.05) is 0 Å². The molecule has 2 aromatic heterocycles. The van der Waals surface area contributed by atoms with Crippen molar-refractivity contribution < 1.29 is 0 Å². The van der Waals surface area contributed by atoms with Crippen LogP contribution in [0.25, 0.3) is 11.4 Å². The first-order chi connectivity index (χ1) is 9.08. The van der Waals surface area contributed by atoms with Gasteiger partial charge in [-0.2, -0.15) is 10.2 Å². The maximum absolute atomic E-state index is 12.3. The maximum Gasteiger partial charge on any atom is 0.277 e. The van der Waals surface area contributed by atoms with Crippen LogP contribution in [0.3, 0.4) is 0 Å². The number of aromatic nitrogens is 5.